The van der Waals surface area contributed by atoms with Crippen LogP contribution in [0.2, 0.25) is 0 Å². The molecule has 18 heavy (non-hydrogen) atoms. The number of aryl methyl sites for hydroxylation is 2. The van der Waals surface area contributed by atoms with Crippen LogP contribution in [0.1, 0.15) is 31.5 Å². The molecule has 0 bridgehead atoms. The molecule has 0 aromatic carbocycles. The molecule has 0 radical (unpaired) electrons. The summed E-state index contributed by atoms with van der Waals surface area (Å²) in [5, 5.41) is 13.8. The third-order valence-electron chi connectivity index (χ3n) is 3.06. The van der Waals surface area contributed by atoms with Gasteiger partial charge in [-0.1, -0.05) is 6.92 Å². The van der Waals surface area contributed by atoms with Crippen molar-refractivity contribution in [3.05, 3.63) is 11.3 Å². The minimum absolute atomic E-state index is 0.256. The molecule has 1 aromatic rings. The van der Waals surface area contributed by atoms with E-state index in [1.165, 1.54) is 0 Å². The van der Waals surface area contributed by atoms with E-state index in [0.717, 1.165) is 43.1 Å². The SMILES string of the molecule is CCc1nn(C)c(OC)c1CN(C)CCC(C)O. The van der Waals surface area contributed by atoms with Gasteiger partial charge in [-0.3, -0.25) is 0 Å². The predicted molar refractivity (Wildman–Crippen MR) is 71.8 cm³/mol. The number of aliphatic hydroxyl groups excluding tert-OH is 1. The van der Waals surface area contributed by atoms with Crippen LogP contribution < -0.4 is 4.74 Å². The maximum atomic E-state index is 9.31. The number of hydrogen-bond acceptors (Lipinski definition) is 4. The lowest BCUT2D eigenvalue weighted by molar-refractivity contribution is 0.162. The van der Waals surface area contributed by atoms with Crippen molar-refractivity contribution in [2.24, 2.45) is 7.05 Å². The highest BCUT2D eigenvalue weighted by atomic mass is 16.5. The average molecular weight is 255 g/mol. The molecule has 1 rings (SSSR count). The summed E-state index contributed by atoms with van der Waals surface area (Å²) >= 11 is 0. The number of hydrogen-bond donors (Lipinski definition) is 1. The molecule has 0 saturated carbocycles. The maximum Gasteiger partial charge on any atom is 0.216 e. The number of aromatic nitrogens is 2. The largest absolute Gasteiger partial charge is 0.481 e. The van der Waals surface area contributed by atoms with Crippen molar-refractivity contribution in [1.82, 2.24) is 14.7 Å². The minimum Gasteiger partial charge on any atom is -0.481 e. The molecule has 1 aromatic heterocycles. The maximum absolute atomic E-state index is 9.31. The van der Waals surface area contributed by atoms with E-state index in [9.17, 15) is 5.11 Å². The standard InChI is InChI=1S/C13H25N3O2/c1-6-12-11(13(18-5)16(4)14-12)9-15(3)8-7-10(2)17/h10,17H,6-9H2,1-5H3. The van der Waals surface area contributed by atoms with Crippen molar-refractivity contribution in [1.29, 1.82) is 0 Å². The summed E-state index contributed by atoms with van der Waals surface area (Å²) in [6.45, 7) is 5.57. The van der Waals surface area contributed by atoms with Crippen molar-refractivity contribution in [2.75, 3.05) is 20.7 Å². The summed E-state index contributed by atoms with van der Waals surface area (Å²) < 4.78 is 7.20. The van der Waals surface area contributed by atoms with E-state index in [4.69, 9.17) is 4.74 Å². The van der Waals surface area contributed by atoms with Crippen LogP contribution in [-0.4, -0.2) is 46.6 Å². The number of aliphatic hydroxyl groups is 1. The van der Waals surface area contributed by atoms with Gasteiger partial charge in [0.25, 0.3) is 0 Å². The molecule has 0 fully saturated rings. The molecule has 1 unspecified atom stereocenters. The van der Waals surface area contributed by atoms with Crippen LogP contribution in [0.15, 0.2) is 0 Å². The third-order valence-corrected chi connectivity index (χ3v) is 3.06. The first-order chi connectivity index (χ1) is 8.49. The second kappa shape index (κ2) is 6.75. The molecule has 0 aliphatic carbocycles. The molecule has 0 amide bonds. The molecule has 0 aliphatic heterocycles. The Labute approximate surface area is 109 Å². The summed E-state index contributed by atoms with van der Waals surface area (Å²) in [4.78, 5) is 2.19. The molecule has 0 aliphatic rings. The van der Waals surface area contributed by atoms with Gasteiger partial charge in [-0.05, 0) is 26.8 Å². The molecule has 0 saturated heterocycles. The highest BCUT2D eigenvalue weighted by molar-refractivity contribution is 5.31. The molecule has 1 N–H and O–H groups in total. The molecule has 1 atom stereocenters. The first kappa shape index (κ1) is 15.0. The number of rotatable bonds is 7. The highest BCUT2D eigenvalue weighted by Gasteiger charge is 2.17. The summed E-state index contributed by atoms with van der Waals surface area (Å²) in [6, 6.07) is 0. The van der Waals surface area contributed by atoms with Gasteiger partial charge in [0.15, 0.2) is 0 Å². The summed E-state index contributed by atoms with van der Waals surface area (Å²) in [7, 11) is 5.63. The molecular weight excluding hydrogens is 230 g/mol. The topological polar surface area (TPSA) is 50.5 Å². The predicted octanol–water partition coefficient (Wildman–Crippen LogP) is 1.19. The molecule has 1 heterocycles. The normalized spacial score (nSPS) is 13.1. The Morgan fingerprint density at radius 1 is 1.50 bits per heavy atom. The van der Waals surface area contributed by atoms with E-state index in [2.05, 4.69) is 16.9 Å². The first-order valence-corrected chi connectivity index (χ1v) is 6.44. The van der Waals surface area contributed by atoms with Gasteiger partial charge in [0.2, 0.25) is 5.88 Å². The summed E-state index contributed by atoms with van der Waals surface area (Å²) in [5.74, 6) is 0.829. The van der Waals surface area contributed by atoms with Gasteiger partial charge in [-0.2, -0.15) is 5.10 Å². The van der Waals surface area contributed by atoms with Gasteiger partial charge in [0, 0.05) is 20.1 Å². The average Bonchev–Trinajstić information content (AvgIpc) is 2.62. The van der Waals surface area contributed by atoms with Crippen LogP contribution in [0.25, 0.3) is 0 Å². The van der Waals surface area contributed by atoms with Crippen LogP contribution in [0.3, 0.4) is 0 Å². The van der Waals surface area contributed by atoms with E-state index in [1.807, 2.05) is 21.0 Å². The fourth-order valence-electron chi connectivity index (χ4n) is 2.06. The van der Waals surface area contributed by atoms with Crippen LogP contribution in [-0.2, 0) is 20.0 Å². The smallest absolute Gasteiger partial charge is 0.216 e. The Hall–Kier alpha value is -1.07. The van der Waals surface area contributed by atoms with Crippen LogP contribution in [0.4, 0.5) is 0 Å². The van der Waals surface area contributed by atoms with E-state index in [-0.39, 0.29) is 6.10 Å². The van der Waals surface area contributed by atoms with Crippen molar-refractivity contribution >= 4 is 0 Å². The minimum atomic E-state index is -0.256. The number of ether oxygens (including phenoxy) is 1. The van der Waals surface area contributed by atoms with Crippen molar-refractivity contribution in [3.8, 4) is 5.88 Å². The zero-order valence-electron chi connectivity index (χ0n) is 12.1. The zero-order chi connectivity index (χ0) is 13.7. The van der Waals surface area contributed by atoms with Gasteiger partial charge in [0.1, 0.15) is 0 Å². The van der Waals surface area contributed by atoms with Gasteiger partial charge < -0.3 is 14.7 Å². The van der Waals surface area contributed by atoms with E-state index < -0.39 is 0 Å². The van der Waals surface area contributed by atoms with E-state index in [0.29, 0.717) is 0 Å². The lowest BCUT2D eigenvalue weighted by Gasteiger charge is -2.18. The Bertz CT molecular complexity index is 375. The van der Waals surface area contributed by atoms with Gasteiger partial charge in [-0.15, -0.1) is 0 Å². The number of methoxy groups -OCH3 is 1. The fraction of sp³-hybridized carbons (Fsp3) is 0.769. The summed E-state index contributed by atoms with van der Waals surface area (Å²) in [6.07, 6.45) is 1.42. The van der Waals surface area contributed by atoms with E-state index in [1.54, 1.807) is 11.8 Å². The summed E-state index contributed by atoms with van der Waals surface area (Å²) in [5.41, 5.74) is 2.23. The van der Waals surface area contributed by atoms with Gasteiger partial charge in [0.05, 0.1) is 24.5 Å². The molecule has 5 nitrogen and oxygen atoms in total. The van der Waals surface area contributed by atoms with Crippen molar-refractivity contribution < 1.29 is 9.84 Å². The first-order valence-electron chi connectivity index (χ1n) is 6.44. The lowest BCUT2D eigenvalue weighted by atomic mass is 10.2. The quantitative estimate of drug-likeness (QED) is 0.795. The zero-order valence-corrected chi connectivity index (χ0v) is 12.1. The number of nitrogens with zero attached hydrogens (tertiary/aromatic N) is 3. The Kier molecular flexibility index (Phi) is 5.62. The second-order valence-corrected chi connectivity index (χ2v) is 4.79. The van der Waals surface area contributed by atoms with Crippen LogP contribution in [0.5, 0.6) is 5.88 Å². The highest BCUT2D eigenvalue weighted by Crippen LogP contribution is 2.23. The van der Waals surface area contributed by atoms with Gasteiger partial charge in [-0.25, -0.2) is 4.68 Å². The van der Waals surface area contributed by atoms with Crippen LogP contribution >= 0.6 is 0 Å². The molecule has 104 valence electrons. The van der Waals surface area contributed by atoms with Gasteiger partial charge >= 0.3 is 0 Å². The fourth-order valence-corrected chi connectivity index (χ4v) is 2.06. The Balaban J connectivity index is 2.75. The third kappa shape index (κ3) is 3.71. The molecule has 5 heteroatoms. The Morgan fingerprint density at radius 3 is 2.67 bits per heavy atom. The molecular formula is C13H25N3O2. The van der Waals surface area contributed by atoms with Crippen LogP contribution in [0, 0.1) is 0 Å². The van der Waals surface area contributed by atoms with E-state index >= 15 is 0 Å². The van der Waals surface area contributed by atoms with Crippen molar-refractivity contribution in [2.45, 2.75) is 39.3 Å². The second-order valence-electron chi connectivity index (χ2n) is 4.79. The lowest BCUT2D eigenvalue weighted by Crippen LogP contribution is -2.22. The molecule has 0 spiro atoms. The monoisotopic (exact) mass is 255 g/mol. The Morgan fingerprint density at radius 2 is 2.17 bits per heavy atom. The van der Waals surface area contributed by atoms with Crippen molar-refractivity contribution in [3.63, 3.8) is 0 Å².